The second kappa shape index (κ2) is 5.65. The fraction of sp³-hybridized carbons (Fsp3) is 0.188. The van der Waals surface area contributed by atoms with Crippen molar-refractivity contribution in [1.29, 1.82) is 0 Å². The second-order valence-corrected chi connectivity index (χ2v) is 4.68. The van der Waals surface area contributed by atoms with Crippen molar-refractivity contribution < 1.29 is 14.3 Å². The van der Waals surface area contributed by atoms with E-state index in [0.717, 1.165) is 29.0 Å². The first-order chi connectivity index (χ1) is 9.85. The lowest BCUT2D eigenvalue weighted by Crippen LogP contribution is -2.20. The Kier molecular flexibility index (Phi) is 3.54. The van der Waals surface area contributed by atoms with Gasteiger partial charge in [-0.2, -0.15) is 0 Å². The zero-order valence-corrected chi connectivity index (χ0v) is 11.0. The summed E-state index contributed by atoms with van der Waals surface area (Å²) < 4.78 is 10.6. The molecule has 0 unspecified atom stereocenters. The van der Waals surface area contributed by atoms with Crippen LogP contribution < -0.4 is 9.47 Å². The molecule has 0 atom stereocenters. The number of carbonyl (C=O) groups is 1. The fourth-order valence-electron chi connectivity index (χ4n) is 2.22. The van der Waals surface area contributed by atoms with Crippen LogP contribution in [0.1, 0.15) is 11.1 Å². The van der Waals surface area contributed by atoms with E-state index in [1.165, 1.54) is 0 Å². The van der Waals surface area contributed by atoms with Crippen molar-refractivity contribution in [2.45, 2.75) is 13.1 Å². The highest BCUT2D eigenvalue weighted by atomic mass is 16.7. The predicted octanol–water partition coefficient (Wildman–Crippen LogP) is 2.57. The quantitative estimate of drug-likeness (QED) is 0.783. The Morgan fingerprint density at radius 1 is 0.950 bits per heavy atom. The number of amides is 1. The molecule has 4 nitrogen and oxygen atoms in total. The van der Waals surface area contributed by atoms with Crippen molar-refractivity contribution in [2.75, 3.05) is 6.79 Å². The monoisotopic (exact) mass is 269 g/mol. The van der Waals surface area contributed by atoms with Crippen molar-refractivity contribution in [3.8, 4) is 11.5 Å². The highest BCUT2D eigenvalue weighted by Crippen LogP contribution is 2.32. The summed E-state index contributed by atoms with van der Waals surface area (Å²) in [5.41, 5.74) is 2.14. The van der Waals surface area contributed by atoms with E-state index < -0.39 is 0 Å². The Balaban J connectivity index is 1.70. The van der Waals surface area contributed by atoms with Crippen LogP contribution in [0, 0.1) is 0 Å². The molecule has 0 radical (unpaired) electrons. The van der Waals surface area contributed by atoms with Gasteiger partial charge in [0.25, 0.3) is 0 Å². The number of hydrogen-bond donors (Lipinski definition) is 0. The highest BCUT2D eigenvalue weighted by molar-refractivity contribution is 5.49. The van der Waals surface area contributed by atoms with E-state index >= 15 is 0 Å². The average Bonchev–Trinajstić information content (AvgIpc) is 2.95. The maximum Gasteiger partial charge on any atom is 0.231 e. The van der Waals surface area contributed by atoms with Crippen molar-refractivity contribution >= 4 is 6.41 Å². The van der Waals surface area contributed by atoms with E-state index in [9.17, 15) is 4.79 Å². The molecule has 0 aliphatic carbocycles. The van der Waals surface area contributed by atoms with Gasteiger partial charge < -0.3 is 14.4 Å². The van der Waals surface area contributed by atoms with Crippen LogP contribution in [0.4, 0.5) is 0 Å². The van der Waals surface area contributed by atoms with Gasteiger partial charge in [0, 0.05) is 13.1 Å². The van der Waals surface area contributed by atoms with Crippen molar-refractivity contribution in [3.63, 3.8) is 0 Å². The minimum Gasteiger partial charge on any atom is -0.454 e. The molecular formula is C16H15NO3. The smallest absolute Gasteiger partial charge is 0.231 e. The summed E-state index contributed by atoms with van der Waals surface area (Å²) in [5.74, 6) is 1.50. The molecule has 3 rings (SSSR count). The first-order valence-corrected chi connectivity index (χ1v) is 6.47. The predicted molar refractivity (Wildman–Crippen MR) is 74.3 cm³/mol. The molecule has 2 aromatic rings. The van der Waals surface area contributed by atoms with E-state index in [-0.39, 0.29) is 6.79 Å². The summed E-state index contributed by atoms with van der Waals surface area (Å²) >= 11 is 0. The number of benzene rings is 2. The van der Waals surface area contributed by atoms with Gasteiger partial charge in [0.2, 0.25) is 13.2 Å². The SMILES string of the molecule is O=CN(Cc1ccccc1)Cc1ccc2c(c1)OCO2. The molecule has 0 bridgehead atoms. The van der Waals surface area contributed by atoms with Crippen LogP contribution in [0.3, 0.4) is 0 Å². The molecule has 1 heterocycles. The van der Waals surface area contributed by atoms with Gasteiger partial charge in [-0.25, -0.2) is 0 Å². The van der Waals surface area contributed by atoms with Crippen LogP contribution >= 0.6 is 0 Å². The summed E-state index contributed by atoms with van der Waals surface area (Å²) in [6.07, 6.45) is 0.873. The molecule has 1 aliphatic heterocycles. The zero-order valence-electron chi connectivity index (χ0n) is 11.0. The lowest BCUT2D eigenvalue weighted by atomic mass is 10.1. The van der Waals surface area contributed by atoms with Gasteiger partial charge in [-0.1, -0.05) is 36.4 Å². The Bertz CT molecular complexity index is 598. The van der Waals surface area contributed by atoms with Crippen molar-refractivity contribution in [1.82, 2.24) is 4.90 Å². The highest BCUT2D eigenvalue weighted by Gasteiger charge is 2.14. The van der Waals surface area contributed by atoms with Crippen LogP contribution in [0.15, 0.2) is 48.5 Å². The summed E-state index contributed by atoms with van der Waals surface area (Å²) in [5, 5.41) is 0. The third-order valence-electron chi connectivity index (χ3n) is 3.20. The molecule has 102 valence electrons. The van der Waals surface area contributed by atoms with Crippen LogP contribution in [0.2, 0.25) is 0 Å². The number of ether oxygens (including phenoxy) is 2. The number of hydrogen-bond acceptors (Lipinski definition) is 3. The minimum atomic E-state index is 0.264. The number of rotatable bonds is 5. The largest absolute Gasteiger partial charge is 0.454 e. The Morgan fingerprint density at radius 2 is 1.70 bits per heavy atom. The number of fused-ring (bicyclic) bond motifs is 1. The molecule has 0 spiro atoms. The van der Waals surface area contributed by atoms with Gasteiger partial charge in [-0.15, -0.1) is 0 Å². The fourth-order valence-corrected chi connectivity index (χ4v) is 2.22. The molecule has 1 aliphatic rings. The van der Waals surface area contributed by atoms with Gasteiger partial charge in [0.15, 0.2) is 11.5 Å². The van der Waals surface area contributed by atoms with Gasteiger partial charge in [0.05, 0.1) is 0 Å². The summed E-state index contributed by atoms with van der Waals surface area (Å²) in [7, 11) is 0. The maximum absolute atomic E-state index is 11.2. The molecule has 0 saturated heterocycles. The van der Waals surface area contributed by atoms with Crippen molar-refractivity contribution in [3.05, 3.63) is 59.7 Å². The Morgan fingerprint density at radius 3 is 2.50 bits per heavy atom. The molecule has 0 aromatic heterocycles. The molecule has 20 heavy (non-hydrogen) atoms. The molecule has 1 amide bonds. The maximum atomic E-state index is 11.2. The standard InChI is InChI=1S/C16H15NO3/c18-11-17(9-13-4-2-1-3-5-13)10-14-6-7-15-16(8-14)20-12-19-15/h1-8,11H,9-10,12H2. The lowest BCUT2D eigenvalue weighted by molar-refractivity contribution is -0.119. The minimum absolute atomic E-state index is 0.264. The van der Waals surface area contributed by atoms with E-state index in [0.29, 0.717) is 13.1 Å². The molecule has 4 heteroatoms. The normalized spacial score (nSPS) is 12.2. The van der Waals surface area contributed by atoms with Crippen molar-refractivity contribution in [2.24, 2.45) is 0 Å². The van der Waals surface area contributed by atoms with E-state index in [4.69, 9.17) is 9.47 Å². The van der Waals surface area contributed by atoms with Crippen LogP contribution in [-0.2, 0) is 17.9 Å². The molecule has 2 aromatic carbocycles. The first kappa shape index (κ1) is 12.5. The second-order valence-electron chi connectivity index (χ2n) is 4.68. The molecule has 0 N–H and O–H groups in total. The zero-order chi connectivity index (χ0) is 13.8. The van der Waals surface area contributed by atoms with Crippen LogP contribution in [0.5, 0.6) is 11.5 Å². The first-order valence-electron chi connectivity index (χ1n) is 6.47. The van der Waals surface area contributed by atoms with Crippen LogP contribution in [0.25, 0.3) is 0 Å². The van der Waals surface area contributed by atoms with E-state index in [1.54, 1.807) is 4.90 Å². The molecule has 0 saturated carbocycles. The summed E-state index contributed by atoms with van der Waals surface area (Å²) in [6.45, 7) is 1.41. The number of nitrogens with zero attached hydrogens (tertiary/aromatic N) is 1. The third kappa shape index (κ3) is 2.74. The molecular weight excluding hydrogens is 254 g/mol. The summed E-state index contributed by atoms with van der Waals surface area (Å²) in [6, 6.07) is 15.7. The number of carbonyl (C=O) groups excluding carboxylic acids is 1. The Labute approximate surface area is 117 Å². The van der Waals surface area contributed by atoms with Crippen LogP contribution in [-0.4, -0.2) is 18.1 Å². The average molecular weight is 269 g/mol. The van der Waals surface area contributed by atoms with E-state index in [1.807, 2.05) is 48.5 Å². The lowest BCUT2D eigenvalue weighted by Gasteiger charge is -2.17. The van der Waals surface area contributed by atoms with Gasteiger partial charge in [-0.3, -0.25) is 4.79 Å². The van der Waals surface area contributed by atoms with Gasteiger partial charge >= 0.3 is 0 Å². The third-order valence-corrected chi connectivity index (χ3v) is 3.20. The van der Waals surface area contributed by atoms with Gasteiger partial charge in [0.1, 0.15) is 0 Å². The van der Waals surface area contributed by atoms with E-state index in [2.05, 4.69) is 0 Å². The topological polar surface area (TPSA) is 38.8 Å². The summed E-state index contributed by atoms with van der Waals surface area (Å²) in [4.78, 5) is 12.9. The Hall–Kier alpha value is -2.49. The molecule has 0 fully saturated rings. The van der Waals surface area contributed by atoms with Gasteiger partial charge in [-0.05, 0) is 23.3 Å².